The van der Waals surface area contributed by atoms with Crippen LogP contribution in [0.25, 0.3) is 0 Å². The van der Waals surface area contributed by atoms with Crippen molar-refractivity contribution in [3.05, 3.63) is 0 Å². The summed E-state index contributed by atoms with van der Waals surface area (Å²) in [6, 6.07) is 0. The van der Waals surface area contributed by atoms with Crippen LogP contribution in [0.4, 0.5) is 0 Å². The second-order valence-corrected chi connectivity index (χ2v) is 4.24. The Morgan fingerprint density at radius 3 is 0.474 bits per heavy atom. The molecule has 0 spiro atoms. The number of hydrogen-bond donors (Lipinski definition) is 0. The van der Waals surface area contributed by atoms with Crippen LogP contribution in [0.5, 0.6) is 0 Å². The van der Waals surface area contributed by atoms with Crippen molar-refractivity contribution in [3.8, 4) is 0 Å². The average molecular weight is 531 g/mol. The molecule has 19 heteroatoms. The van der Waals surface area contributed by atoms with Crippen LogP contribution in [0.2, 0.25) is 0 Å². The van der Waals surface area contributed by atoms with Crippen molar-refractivity contribution in [2.45, 2.75) is 0 Å². The minimum Gasteiger partial charge on any atom is 1.00 e. The van der Waals surface area contributed by atoms with E-state index in [1.807, 2.05) is 0 Å². The third-order valence-electron chi connectivity index (χ3n) is 0. The fraction of sp³-hybridized carbons (Fsp3) is 0. The number of rotatable bonds is 0. The summed E-state index contributed by atoms with van der Waals surface area (Å²) in [5, 5.41) is 0. The van der Waals surface area contributed by atoms with Crippen LogP contribution >= 0.6 is 0 Å². The molecule has 0 rings (SSSR count). The molecule has 12 N–H and O–H groups in total. The molecule has 19 heavy (non-hydrogen) atoms. The zero-order chi connectivity index (χ0) is 9.00. The summed E-state index contributed by atoms with van der Waals surface area (Å²) in [5.41, 5.74) is 0. The second-order valence-electron chi connectivity index (χ2n) is 0.816. The van der Waals surface area contributed by atoms with Crippen LogP contribution in [-0.4, -0.2) is 59.6 Å². The van der Waals surface area contributed by atoms with Gasteiger partial charge >= 0.3 is 178 Å². The molecular weight excluding hydrogens is 519 g/mol. The monoisotopic (exact) mass is 533 g/mol. The minimum atomic E-state index is -5.75. The molecule has 0 unspecified atom stereocenters. The van der Waals surface area contributed by atoms with E-state index in [2.05, 4.69) is 0 Å². The smallest absolute Gasteiger partial charge is 1.00 e. The molecule has 0 aromatic rings. The van der Waals surface area contributed by atoms with Crippen LogP contribution in [0.3, 0.4) is 0 Å². The molecule has 0 amide bonds. The van der Waals surface area contributed by atoms with Gasteiger partial charge in [-0.2, -0.15) is 0 Å². The molecule has 0 aromatic carbocycles. The van der Waals surface area contributed by atoms with Gasteiger partial charge in [-0.3, -0.25) is 0 Å². The molecule has 0 atom stereocenters. The largest absolute Gasteiger partial charge is 2.00 e. The van der Waals surface area contributed by atoms with Gasteiger partial charge in [0.2, 0.25) is 0 Å². The quantitative estimate of drug-likeness (QED) is 0.269. The maximum atomic E-state index is 8.59. The molecule has 0 saturated heterocycles. The van der Waals surface area contributed by atoms with Gasteiger partial charge in [-0.1, -0.05) is 0 Å². The van der Waals surface area contributed by atoms with Crippen molar-refractivity contribution >= 4 is 26.7 Å². The SMILES string of the molecule is O.O.O.O.O.O.O=[Se](=O)([O-])[O-].O=[Se](=O)([O-])[O-].[Co+2].[K+].[K+]. The van der Waals surface area contributed by atoms with Crippen molar-refractivity contribution < 1.29 is 184 Å². The van der Waals surface area contributed by atoms with Crippen LogP contribution < -0.4 is 120 Å². The van der Waals surface area contributed by atoms with Gasteiger partial charge in [0.15, 0.2) is 0 Å². The summed E-state index contributed by atoms with van der Waals surface area (Å²) >= 11 is -11.5. The molecular formula is H12CoK2O14Se2. The molecule has 14 nitrogen and oxygen atoms in total. The summed E-state index contributed by atoms with van der Waals surface area (Å²) in [4.78, 5) is 0. The molecule has 0 aliphatic carbocycles. The van der Waals surface area contributed by atoms with E-state index in [1.54, 1.807) is 0 Å². The van der Waals surface area contributed by atoms with Crippen LogP contribution in [0.1, 0.15) is 0 Å². The van der Waals surface area contributed by atoms with Gasteiger partial charge in [0, 0.05) is 0 Å². The predicted octanol–water partition coefficient (Wildman–Crippen LogP) is -16.9. The molecule has 1 radical (unpaired) electrons. The molecule has 0 saturated carbocycles. The first kappa shape index (κ1) is 78.3. The molecule has 0 aromatic heterocycles. The van der Waals surface area contributed by atoms with Crippen LogP contribution in [0.15, 0.2) is 0 Å². The fourth-order valence-corrected chi connectivity index (χ4v) is 0. The van der Waals surface area contributed by atoms with Crippen molar-refractivity contribution in [3.63, 3.8) is 0 Å². The molecule has 0 fully saturated rings. The maximum absolute atomic E-state index is 8.59. The molecule has 0 bridgehead atoms. The standard InChI is InChI=1S/Co.2K.2H2O4Se.6H2O/c;;;2*1-5(2,3)4;;;;;;/h;;;2*(H2,1,2,3,4);6*1H2/q+2;2*+1;;;;;;;;/p-4. The fourth-order valence-electron chi connectivity index (χ4n) is 0. The van der Waals surface area contributed by atoms with E-state index in [0.717, 1.165) is 0 Å². The Morgan fingerprint density at radius 1 is 0.474 bits per heavy atom. The van der Waals surface area contributed by atoms with E-state index in [-0.39, 0.29) is 152 Å². The van der Waals surface area contributed by atoms with Gasteiger partial charge in [-0.25, -0.2) is 0 Å². The summed E-state index contributed by atoms with van der Waals surface area (Å²) in [6.45, 7) is 0. The molecule has 0 aliphatic heterocycles. The third kappa shape index (κ3) is 636. The Kier molecular flexibility index (Phi) is 155. The zero-order valence-corrected chi connectivity index (χ0v) is 20.1. The van der Waals surface area contributed by atoms with Crippen LogP contribution in [0, 0.1) is 0 Å². The zero-order valence-electron chi connectivity index (χ0n) is 9.42. The Hall–Kier alpha value is 3.62. The topological polar surface area (TPSA) is 350 Å². The van der Waals surface area contributed by atoms with E-state index >= 15 is 0 Å². The predicted molar refractivity (Wildman–Crippen MR) is 35.9 cm³/mol. The molecule has 119 valence electrons. The van der Waals surface area contributed by atoms with Crippen molar-refractivity contribution in [1.82, 2.24) is 0 Å². The second kappa shape index (κ2) is 37.7. The van der Waals surface area contributed by atoms with E-state index in [9.17, 15) is 0 Å². The van der Waals surface area contributed by atoms with E-state index in [1.165, 1.54) is 0 Å². The average Bonchev–Trinajstić information content (AvgIpc) is 1.12. The molecule has 0 aliphatic rings. The first-order chi connectivity index (χ1) is 4.00. The maximum Gasteiger partial charge on any atom is 2.00 e. The Labute approximate surface area is 206 Å². The van der Waals surface area contributed by atoms with E-state index < -0.39 is 26.7 Å². The van der Waals surface area contributed by atoms with Gasteiger partial charge in [0.1, 0.15) is 0 Å². The third-order valence-corrected chi connectivity index (χ3v) is 0. The summed E-state index contributed by atoms with van der Waals surface area (Å²) in [6.07, 6.45) is 0. The first-order valence-electron chi connectivity index (χ1n) is 1.33. The van der Waals surface area contributed by atoms with Gasteiger partial charge in [0.05, 0.1) is 0 Å². The Bertz CT molecular complexity index is 220. The van der Waals surface area contributed by atoms with Crippen molar-refractivity contribution in [2.75, 3.05) is 0 Å². The van der Waals surface area contributed by atoms with Gasteiger partial charge in [0.25, 0.3) is 0 Å². The van der Waals surface area contributed by atoms with Crippen molar-refractivity contribution in [1.29, 1.82) is 0 Å². The van der Waals surface area contributed by atoms with Gasteiger partial charge in [-0.15, -0.1) is 0 Å². The normalized spacial score (nSPS) is 6.11. The van der Waals surface area contributed by atoms with Gasteiger partial charge < -0.3 is 32.9 Å². The van der Waals surface area contributed by atoms with Crippen molar-refractivity contribution in [2.24, 2.45) is 0 Å². The Balaban J connectivity index is -0.00000000508. The van der Waals surface area contributed by atoms with E-state index in [0.29, 0.717) is 0 Å². The summed E-state index contributed by atoms with van der Waals surface area (Å²) in [5.74, 6) is 0. The summed E-state index contributed by atoms with van der Waals surface area (Å²) in [7, 11) is 0. The van der Waals surface area contributed by atoms with E-state index in [4.69, 9.17) is 32.1 Å². The van der Waals surface area contributed by atoms with Gasteiger partial charge in [-0.05, 0) is 0 Å². The summed E-state index contributed by atoms with van der Waals surface area (Å²) < 4.78 is 68.8. The minimum absolute atomic E-state index is 0. The molecule has 0 heterocycles. The van der Waals surface area contributed by atoms with Crippen LogP contribution in [-0.2, 0) is 32.1 Å². The number of hydrogen-bond acceptors (Lipinski definition) is 8. The first-order valence-corrected chi connectivity index (χ1v) is 6.93. The Morgan fingerprint density at radius 2 is 0.474 bits per heavy atom.